The van der Waals surface area contributed by atoms with Crippen molar-refractivity contribution < 1.29 is 0 Å². The number of fused-ring (bicyclic) bond motifs is 4. The lowest BCUT2D eigenvalue weighted by Crippen LogP contribution is -2.15. The minimum atomic E-state index is -0.129. The number of benzene rings is 6. The van der Waals surface area contributed by atoms with Gasteiger partial charge in [0, 0.05) is 27.3 Å². The van der Waals surface area contributed by atoms with Crippen LogP contribution in [-0.2, 0) is 5.41 Å². The molecule has 2 aromatic heterocycles. The van der Waals surface area contributed by atoms with Gasteiger partial charge in [0.2, 0.25) is 5.95 Å². The molecule has 2 heterocycles. The van der Waals surface area contributed by atoms with Gasteiger partial charge in [-0.3, -0.25) is 4.57 Å². The van der Waals surface area contributed by atoms with Gasteiger partial charge < -0.3 is 0 Å². The van der Waals surface area contributed by atoms with Crippen LogP contribution in [0.1, 0.15) is 25.0 Å². The van der Waals surface area contributed by atoms with E-state index >= 15 is 0 Å². The molecule has 8 aromatic rings. The molecular weight excluding hydrogens is 512 g/mol. The fraction of sp³-hybridized carbons (Fsp3) is 0.0789. The SMILES string of the molecule is CC1(C)c2ccccc2-c2c1cc1c3c2ccc2cccc(c23)n1-c1nc(-c2ccccc2)nc(-c2ccccc2)n1. The van der Waals surface area contributed by atoms with Gasteiger partial charge in [0.1, 0.15) is 0 Å². The average molecular weight is 539 g/mol. The van der Waals surface area contributed by atoms with E-state index in [4.69, 9.17) is 15.0 Å². The zero-order chi connectivity index (χ0) is 28.0. The van der Waals surface area contributed by atoms with E-state index < -0.39 is 0 Å². The summed E-state index contributed by atoms with van der Waals surface area (Å²) < 4.78 is 2.25. The Kier molecular flexibility index (Phi) is 4.64. The molecule has 0 amide bonds. The van der Waals surface area contributed by atoms with Crippen LogP contribution in [-0.4, -0.2) is 19.5 Å². The molecule has 0 aliphatic heterocycles. The fourth-order valence-corrected chi connectivity index (χ4v) is 7.04. The van der Waals surface area contributed by atoms with Crippen LogP contribution in [0.4, 0.5) is 0 Å². The number of aromatic nitrogens is 4. The van der Waals surface area contributed by atoms with Crippen molar-refractivity contribution in [2.24, 2.45) is 0 Å². The van der Waals surface area contributed by atoms with E-state index in [1.165, 1.54) is 43.8 Å². The summed E-state index contributed by atoms with van der Waals surface area (Å²) in [6.45, 7) is 4.68. The van der Waals surface area contributed by atoms with Crippen molar-refractivity contribution in [2.45, 2.75) is 19.3 Å². The third-order valence-electron chi connectivity index (χ3n) is 9.01. The Labute approximate surface area is 243 Å². The lowest BCUT2D eigenvalue weighted by molar-refractivity contribution is 0.661. The molecule has 198 valence electrons. The summed E-state index contributed by atoms with van der Waals surface area (Å²) >= 11 is 0. The van der Waals surface area contributed by atoms with E-state index in [1.54, 1.807) is 0 Å². The van der Waals surface area contributed by atoms with E-state index in [2.05, 4.69) is 103 Å². The normalized spacial score (nSPS) is 13.7. The van der Waals surface area contributed by atoms with E-state index in [0.717, 1.165) is 22.2 Å². The summed E-state index contributed by atoms with van der Waals surface area (Å²) in [5, 5.41) is 5.01. The van der Waals surface area contributed by atoms with Crippen molar-refractivity contribution in [3.63, 3.8) is 0 Å². The molecule has 1 aliphatic rings. The first-order chi connectivity index (χ1) is 20.6. The first kappa shape index (κ1) is 23.4. The standard InChI is InChI=1S/C38H26N4/c1-38(2)28-18-10-9-17-26(28)33-27-21-20-23-16-11-19-30-32(23)34(27)31(22-29(33)38)42(30)37-40-35(24-12-5-3-6-13-24)39-36(41-37)25-14-7-4-8-15-25/h3-22H,1-2H3. The molecule has 0 N–H and O–H groups in total. The highest BCUT2D eigenvalue weighted by Crippen LogP contribution is 2.54. The van der Waals surface area contributed by atoms with E-state index in [1.807, 2.05) is 36.4 Å². The van der Waals surface area contributed by atoms with Gasteiger partial charge in [0.25, 0.3) is 0 Å². The maximum Gasteiger partial charge on any atom is 0.238 e. The second-order valence-electron chi connectivity index (χ2n) is 11.7. The van der Waals surface area contributed by atoms with Crippen LogP contribution in [0, 0.1) is 0 Å². The Balaban J connectivity index is 1.43. The summed E-state index contributed by atoms with van der Waals surface area (Å²) in [4.78, 5) is 15.2. The molecule has 0 spiro atoms. The predicted octanol–water partition coefficient (Wildman–Crippen LogP) is 9.20. The third kappa shape index (κ3) is 3.09. The quantitative estimate of drug-likeness (QED) is 0.211. The largest absolute Gasteiger partial charge is 0.278 e. The topological polar surface area (TPSA) is 43.6 Å². The molecule has 4 heteroatoms. The van der Waals surface area contributed by atoms with Crippen LogP contribution in [0.3, 0.4) is 0 Å². The van der Waals surface area contributed by atoms with Gasteiger partial charge >= 0.3 is 0 Å². The molecular formula is C38H26N4. The Bertz CT molecular complexity index is 2260. The molecule has 0 saturated heterocycles. The maximum atomic E-state index is 5.14. The monoisotopic (exact) mass is 538 g/mol. The van der Waals surface area contributed by atoms with Gasteiger partial charge in [0.15, 0.2) is 11.6 Å². The van der Waals surface area contributed by atoms with Crippen molar-refractivity contribution in [3.05, 3.63) is 132 Å². The minimum Gasteiger partial charge on any atom is -0.278 e. The van der Waals surface area contributed by atoms with E-state index in [-0.39, 0.29) is 5.41 Å². The average Bonchev–Trinajstić information content (AvgIpc) is 3.50. The van der Waals surface area contributed by atoms with Crippen LogP contribution in [0.5, 0.6) is 0 Å². The van der Waals surface area contributed by atoms with Crippen molar-refractivity contribution in [2.75, 3.05) is 0 Å². The summed E-state index contributed by atoms with van der Waals surface area (Å²) in [7, 11) is 0. The Morgan fingerprint density at radius 2 is 1.21 bits per heavy atom. The highest BCUT2D eigenvalue weighted by Gasteiger charge is 2.37. The van der Waals surface area contributed by atoms with Gasteiger partial charge in [0.05, 0.1) is 11.0 Å². The summed E-state index contributed by atoms with van der Waals surface area (Å²) in [5.41, 5.74) is 9.41. The molecule has 6 aromatic carbocycles. The van der Waals surface area contributed by atoms with Gasteiger partial charge in [-0.1, -0.05) is 123 Å². The van der Waals surface area contributed by atoms with E-state index in [0.29, 0.717) is 17.6 Å². The Hall–Kier alpha value is -5.35. The van der Waals surface area contributed by atoms with Gasteiger partial charge in [-0.2, -0.15) is 9.97 Å². The maximum absolute atomic E-state index is 5.14. The highest BCUT2D eigenvalue weighted by atomic mass is 15.2. The molecule has 4 nitrogen and oxygen atoms in total. The Morgan fingerprint density at radius 1 is 0.548 bits per heavy atom. The zero-order valence-corrected chi connectivity index (χ0v) is 23.3. The summed E-state index contributed by atoms with van der Waals surface area (Å²) in [5.74, 6) is 1.95. The number of hydrogen-bond acceptors (Lipinski definition) is 3. The van der Waals surface area contributed by atoms with Crippen molar-refractivity contribution in [3.8, 4) is 39.9 Å². The number of nitrogens with zero attached hydrogens (tertiary/aromatic N) is 4. The summed E-state index contributed by atoms with van der Waals surface area (Å²) in [6, 6.07) is 42.7. The van der Waals surface area contributed by atoms with E-state index in [9.17, 15) is 0 Å². The van der Waals surface area contributed by atoms with Crippen molar-refractivity contribution in [1.82, 2.24) is 19.5 Å². The van der Waals surface area contributed by atoms with Gasteiger partial charge in [-0.15, -0.1) is 0 Å². The molecule has 0 saturated carbocycles. The van der Waals surface area contributed by atoms with Crippen LogP contribution >= 0.6 is 0 Å². The molecule has 0 atom stereocenters. The van der Waals surface area contributed by atoms with Crippen LogP contribution < -0.4 is 0 Å². The first-order valence-electron chi connectivity index (χ1n) is 14.4. The lowest BCUT2D eigenvalue weighted by Gasteiger charge is -2.22. The van der Waals surface area contributed by atoms with Crippen molar-refractivity contribution >= 4 is 32.6 Å². The van der Waals surface area contributed by atoms with Crippen LogP contribution in [0.2, 0.25) is 0 Å². The molecule has 0 fully saturated rings. The summed E-state index contributed by atoms with van der Waals surface area (Å²) in [6.07, 6.45) is 0. The Morgan fingerprint density at radius 3 is 1.93 bits per heavy atom. The third-order valence-corrected chi connectivity index (χ3v) is 9.01. The number of hydrogen-bond donors (Lipinski definition) is 0. The molecule has 0 bridgehead atoms. The predicted molar refractivity (Wildman–Crippen MR) is 171 cm³/mol. The lowest BCUT2D eigenvalue weighted by atomic mass is 9.82. The zero-order valence-electron chi connectivity index (χ0n) is 23.3. The number of rotatable bonds is 3. The minimum absolute atomic E-state index is 0.129. The molecule has 42 heavy (non-hydrogen) atoms. The second-order valence-corrected chi connectivity index (χ2v) is 11.7. The molecule has 0 unspecified atom stereocenters. The van der Waals surface area contributed by atoms with Crippen molar-refractivity contribution in [1.29, 1.82) is 0 Å². The first-order valence-corrected chi connectivity index (χ1v) is 14.4. The highest BCUT2D eigenvalue weighted by molar-refractivity contribution is 6.27. The fourth-order valence-electron chi connectivity index (χ4n) is 7.04. The molecule has 0 radical (unpaired) electrons. The van der Waals surface area contributed by atoms with Gasteiger partial charge in [-0.05, 0) is 45.2 Å². The van der Waals surface area contributed by atoms with Gasteiger partial charge in [-0.25, -0.2) is 4.98 Å². The second kappa shape index (κ2) is 8.34. The molecule has 1 aliphatic carbocycles. The van der Waals surface area contributed by atoms with Crippen LogP contribution in [0.15, 0.2) is 121 Å². The molecule has 9 rings (SSSR count). The van der Waals surface area contributed by atoms with Crippen LogP contribution in [0.25, 0.3) is 72.4 Å². The smallest absolute Gasteiger partial charge is 0.238 e.